The van der Waals surface area contributed by atoms with Crippen LogP contribution in [0.25, 0.3) is 0 Å². The van der Waals surface area contributed by atoms with Gasteiger partial charge >= 0.3 is 0 Å². The molecule has 0 aliphatic rings. The summed E-state index contributed by atoms with van der Waals surface area (Å²) in [7, 11) is 0. The molecule has 5 heteroatoms. The maximum absolute atomic E-state index is 13.5. The first-order valence-electron chi connectivity index (χ1n) is 5.22. The molecule has 2 aromatic rings. The highest BCUT2D eigenvalue weighted by molar-refractivity contribution is 9.10. The first-order chi connectivity index (χ1) is 8.56. The van der Waals surface area contributed by atoms with Crippen LogP contribution in [0.15, 0.2) is 40.9 Å². The van der Waals surface area contributed by atoms with Gasteiger partial charge in [0, 0.05) is 16.6 Å². The molecule has 0 atom stereocenters. The largest absolute Gasteiger partial charge is 0.508 e. The number of anilines is 1. The smallest absolute Gasteiger partial charge is 0.147 e. The lowest BCUT2D eigenvalue weighted by Gasteiger charge is -2.09. The van der Waals surface area contributed by atoms with Crippen molar-refractivity contribution >= 4 is 21.6 Å². The molecule has 94 valence electrons. The quantitative estimate of drug-likeness (QED) is 0.896. The van der Waals surface area contributed by atoms with E-state index in [1.54, 1.807) is 12.1 Å². The molecule has 2 nitrogen and oxygen atoms in total. The van der Waals surface area contributed by atoms with Crippen molar-refractivity contribution in [3.8, 4) is 5.75 Å². The minimum absolute atomic E-state index is 0.0265. The van der Waals surface area contributed by atoms with E-state index in [0.717, 1.165) is 0 Å². The molecule has 2 N–H and O–H groups in total. The second-order valence-corrected chi connectivity index (χ2v) is 4.67. The number of phenols is 1. The van der Waals surface area contributed by atoms with E-state index >= 15 is 0 Å². The van der Waals surface area contributed by atoms with Crippen molar-refractivity contribution in [2.45, 2.75) is 6.54 Å². The van der Waals surface area contributed by atoms with Crippen LogP contribution in [0.4, 0.5) is 14.5 Å². The van der Waals surface area contributed by atoms with Crippen LogP contribution in [0.5, 0.6) is 5.75 Å². The highest BCUT2D eigenvalue weighted by Crippen LogP contribution is 2.22. The molecule has 0 amide bonds. The Balaban J connectivity index is 2.13. The second kappa shape index (κ2) is 5.35. The predicted molar refractivity (Wildman–Crippen MR) is 69.5 cm³/mol. The summed E-state index contributed by atoms with van der Waals surface area (Å²) in [4.78, 5) is 0. The molecule has 0 aliphatic heterocycles. The molecule has 0 saturated carbocycles. The first kappa shape index (κ1) is 12.8. The van der Waals surface area contributed by atoms with Crippen LogP contribution in [0.2, 0.25) is 0 Å². The average molecular weight is 314 g/mol. The average Bonchev–Trinajstić information content (AvgIpc) is 2.32. The van der Waals surface area contributed by atoms with Crippen molar-refractivity contribution < 1.29 is 13.9 Å². The molecule has 0 bridgehead atoms. The van der Waals surface area contributed by atoms with Crippen LogP contribution in [-0.4, -0.2) is 5.11 Å². The van der Waals surface area contributed by atoms with Crippen LogP contribution >= 0.6 is 15.9 Å². The van der Waals surface area contributed by atoms with Gasteiger partial charge in [0.15, 0.2) is 0 Å². The summed E-state index contributed by atoms with van der Waals surface area (Å²) in [5.74, 6) is -0.887. The minimum Gasteiger partial charge on any atom is -0.508 e. The Kier molecular flexibility index (Phi) is 3.81. The van der Waals surface area contributed by atoms with Crippen LogP contribution in [0.3, 0.4) is 0 Å². The van der Waals surface area contributed by atoms with Gasteiger partial charge in [-0.2, -0.15) is 0 Å². The minimum atomic E-state index is -0.444. The van der Waals surface area contributed by atoms with Crippen molar-refractivity contribution in [1.29, 1.82) is 0 Å². The lowest BCUT2D eigenvalue weighted by Crippen LogP contribution is -2.02. The van der Waals surface area contributed by atoms with Crippen molar-refractivity contribution in [2.75, 3.05) is 5.32 Å². The van der Waals surface area contributed by atoms with Gasteiger partial charge in [-0.25, -0.2) is 8.78 Å². The first-order valence-corrected chi connectivity index (χ1v) is 6.02. The van der Waals surface area contributed by atoms with Crippen LogP contribution in [0, 0.1) is 11.6 Å². The summed E-state index contributed by atoms with van der Waals surface area (Å²) in [5.41, 5.74) is 0.666. The van der Waals surface area contributed by atoms with Crippen molar-refractivity contribution in [3.63, 3.8) is 0 Å². The lowest BCUT2D eigenvalue weighted by atomic mass is 10.2. The molecule has 0 radical (unpaired) electrons. The number of halogens is 3. The number of benzene rings is 2. The third kappa shape index (κ3) is 2.98. The number of hydrogen-bond acceptors (Lipinski definition) is 2. The zero-order chi connectivity index (χ0) is 13.1. The molecule has 0 fully saturated rings. The van der Waals surface area contributed by atoms with Gasteiger partial charge in [-0.1, -0.05) is 15.9 Å². The van der Waals surface area contributed by atoms with E-state index in [1.165, 1.54) is 24.3 Å². The number of hydrogen-bond donors (Lipinski definition) is 2. The fraction of sp³-hybridized carbons (Fsp3) is 0.0769. The topological polar surface area (TPSA) is 32.3 Å². The Morgan fingerprint density at radius 2 is 1.89 bits per heavy atom. The standard InChI is InChI=1S/C13H10BrF2NO/c14-9-1-3-12(11(16)6-9)17-7-8-5-10(15)2-4-13(8)18/h1-6,17-18H,7H2. The number of rotatable bonds is 3. The van der Waals surface area contributed by atoms with Gasteiger partial charge in [-0.15, -0.1) is 0 Å². The summed E-state index contributed by atoms with van der Waals surface area (Å²) in [6.45, 7) is 0.141. The Hall–Kier alpha value is -1.62. The van der Waals surface area contributed by atoms with E-state index < -0.39 is 11.6 Å². The third-order valence-electron chi connectivity index (χ3n) is 2.44. The van der Waals surface area contributed by atoms with E-state index in [9.17, 15) is 13.9 Å². The normalized spacial score (nSPS) is 10.4. The number of aromatic hydroxyl groups is 1. The lowest BCUT2D eigenvalue weighted by molar-refractivity contribution is 0.466. The summed E-state index contributed by atoms with van der Waals surface area (Å²) in [5, 5.41) is 12.3. The van der Waals surface area contributed by atoms with E-state index in [1.807, 2.05) is 0 Å². The van der Waals surface area contributed by atoms with Crippen molar-refractivity contribution in [2.24, 2.45) is 0 Å². The van der Waals surface area contributed by atoms with Crippen molar-refractivity contribution in [1.82, 2.24) is 0 Å². The van der Waals surface area contributed by atoms with Crippen LogP contribution < -0.4 is 5.32 Å². The van der Waals surface area contributed by atoms with Gasteiger partial charge in [0.1, 0.15) is 17.4 Å². The van der Waals surface area contributed by atoms with E-state index in [4.69, 9.17) is 0 Å². The summed E-state index contributed by atoms with van der Waals surface area (Å²) in [6.07, 6.45) is 0. The molecule has 0 heterocycles. The Morgan fingerprint density at radius 1 is 1.11 bits per heavy atom. The Bertz CT molecular complexity index is 575. The Morgan fingerprint density at radius 3 is 2.61 bits per heavy atom. The maximum atomic E-state index is 13.5. The van der Waals surface area contributed by atoms with Gasteiger partial charge in [-0.3, -0.25) is 0 Å². The molecule has 0 aliphatic carbocycles. The number of nitrogens with one attached hydrogen (secondary N) is 1. The fourth-order valence-electron chi connectivity index (χ4n) is 1.52. The van der Waals surface area contributed by atoms with Gasteiger partial charge < -0.3 is 10.4 Å². The highest BCUT2D eigenvalue weighted by atomic mass is 79.9. The number of phenolic OH excluding ortho intramolecular Hbond substituents is 1. The maximum Gasteiger partial charge on any atom is 0.147 e. The van der Waals surface area contributed by atoms with Gasteiger partial charge in [-0.05, 0) is 36.4 Å². The molecule has 0 saturated heterocycles. The monoisotopic (exact) mass is 313 g/mol. The van der Waals surface area contributed by atoms with Crippen LogP contribution in [0.1, 0.15) is 5.56 Å². The van der Waals surface area contributed by atoms with Gasteiger partial charge in [0.2, 0.25) is 0 Å². The summed E-state index contributed by atoms with van der Waals surface area (Å²) in [6, 6.07) is 8.23. The molecule has 0 unspecified atom stereocenters. The molecular formula is C13H10BrF2NO. The fourth-order valence-corrected chi connectivity index (χ4v) is 1.85. The summed E-state index contributed by atoms with van der Waals surface area (Å²) < 4.78 is 27.1. The zero-order valence-corrected chi connectivity index (χ0v) is 10.8. The van der Waals surface area contributed by atoms with Gasteiger partial charge in [0.05, 0.1) is 5.69 Å². The molecular weight excluding hydrogens is 304 g/mol. The highest BCUT2D eigenvalue weighted by Gasteiger charge is 2.05. The zero-order valence-electron chi connectivity index (χ0n) is 9.25. The van der Waals surface area contributed by atoms with E-state index in [0.29, 0.717) is 15.7 Å². The van der Waals surface area contributed by atoms with E-state index in [-0.39, 0.29) is 12.3 Å². The SMILES string of the molecule is Oc1ccc(F)cc1CNc1ccc(Br)cc1F. The van der Waals surface area contributed by atoms with Gasteiger partial charge in [0.25, 0.3) is 0 Å². The second-order valence-electron chi connectivity index (χ2n) is 3.75. The molecule has 2 aromatic carbocycles. The summed E-state index contributed by atoms with van der Waals surface area (Å²) >= 11 is 3.16. The van der Waals surface area contributed by atoms with Crippen molar-refractivity contribution in [3.05, 3.63) is 58.1 Å². The molecule has 18 heavy (non-hydrogen) atoms. The molecule has 2 rings (SSSR count). The third-order valence-corrected chi connectivity index (χ3v) is 2.94. The predicted octanol–water partition coefficient (Wildman–Crippen LogP) is 4.05. The Labute approximate surface area is 111 Å². The van der Waals surface area contributed by atoms with Crippen LogP contribution in [-0.2, 0) is 6.54 Å². The molecule has 0 aromatic heterocycles. The van der Waals surface area contributed by atoms with E-state index in [2.05, 4.69) is 21.2 Å². The molecule has 0 spiro atoms.